The molecule has 1 saturated heterocycles. The Balaban J connectivity index is 1.67. The highest BCUT2D eigenvalue weighted by atomic mass is 32.2. The van der Waals surface area contributed by atoms with Gasteiger partial charge in [0.1, 0.15) is 6.04 Å². The minimum Gasteiger partial charge on any atom is -0.481 e. The highest BCUT2D eigenvalue weighted by molar-refractivity contribution is 7.99. The van der Waals surface area contributed by atoms with Crippen molar-refractivity contribution in [3.63, 3.8) is 0 Å². The Morgan fingerprint density at radius 2 is 2.07 bits per heavy atom. The van der Waals surface area contributed by atoms with Gasteiger partial charge in [0.05, 0.1) is 16.9 Å². The fourth-order valence-electron chi connectivity index (χ4n) is 2.99. The summed E-state index contributed by atoms with van der Waals surface area (Å²) in [4.78, 5) is 41.4. The lowest BCUT2D eigenvalue weighted by Crippen LogP contribution is -2.48. The van der Waals surface area contributed by atoms with Crippen molar-refractivity contribution in [1.29, 1.82) is 0 Å². The summed E-state index contributed by atoms with van der Waals surface area (Å²) in [6, 6.07) is 7.00. The number of nitrogens with one attached hydrogen (secondary N) is 2. The zero-order chi connectivity index (χ0) is 19.6. The first-order chi connectivity index (χ1) is 12.8. The van der Waals surface area contributed by atoms with Crippen molar-refractivity contribution >= 4 is 40.4 Å². The van der Waals surface area contributed by atoms with Crippen LogP contribution in [0.25, 0.3) is 10.9 Å². The van der Waals surface area contributed by atoms with Gasteiger partial charge in [-0.1, -0.05) is 18.2 Å². The molecule has 0 spiro atoms. The Kier molecular flexibility index (Phi) is 5.46. The maximum absolute atomic E-state index is 13.0. The van der Waals surface area contributed by atoms with E-state index in [4.69, 9.17) is 5.11 Å². The summed E-state index contributed by atoms with van der Waals surface area (Å²) in [5.41, 5.74) is 0.527. The Morgan fingerprint density at radius 3 is 2.81 bits per heavy atom. The molecule has 7 nitrogen and oxygen atoms in total. The second kappa shape index (κ2) is 7.64. The topological polar surface area (TPSA) is 103 Å². The van der Waals surface area contributed by atoms with Crippen molar-refractivity contribution in [2.24, 2.45) is 5.41 Å². The molecule has 0 saturated carbocycles. The van der Waals surface area contributed by atoms with E-state index >= 15 is 0 Å². The van der Waals surface area contributed by atoms with E-state index in [1.807, 2.05) is 24.3 Å². The van der Waals surface area contributed by atoms with Crippen LogP contribution in [0.4, 0.5) is 0 Å². The summed E-state index contributed by atoms with van der Waals surface area (Å²) in [7, 11) is 0. The monoisotopic (exact) mass is 389 g/mol. The molecule has 3 N–H and O–H groups in total. The molecular weight excluding hydrogens is 366 g/mol. The zero-order valence-corrected chi connectivity index (χ0v) is 16.1. The number of fused-ring (bicyclic) bond motifs is 1. The summed E-state index contributed by atoms with van der Waals surface area (Å²) >= 11 is 1.53. The zero-order valence-electron chi connectivity index (χ0n) is 15.3. The molecule has 1 fully saturated rings. The lowest BCUT2D eigenvalue weighted by atomic mass is 9.90. The molecule has 1 aliphatic heterocycles. The van der Waals surface area contributed by atoms with Gasteiger partial charge >= 0.3 is 5.97 Å². The molecule has 1 unspecified atom stereocenters. The van der Waals surface area contributed by atoms with E-state index in [1.54, 1.807) is 24.9 Å². The predicted molar refractivity (Wildman–Crippen MR) is 105 cm³/mol. The van der Waals surface area contributed by atoms with Gasteiger partial charge in [-0.25, -0.2) is 0 Å². The van der Waals surface area contributed by atoms with Gasteiger partial charge < -0.3 is 20.3 Å². The number of nitrogens with zero attached hydrogens (tertiary/aromatic N) is 1. The van der Waals surface area contributed by atoms with E-state index < -0.39 is 17.4 Å². The van der Waals surface area contributed by atoms with E-state index in [0.717, 1.165) is 10.9 Å². The van der Waals surface area contributed by atoms with Crippen molar-refractivity contribution < 1.29 is 19.5 Å². The van der Waals surface area contributed by atoms with Gasteiger partial charge in [0.25, 0.3) is 5.91 Å². The number of rotatable bonds is 6. The quantitative estimate of drug-likeness (QED) is 0.704. The summed E-state index contributed by atoms with van der Waals surface area (Å²) in [6.45, 7) is 3.51. The number of carbonyl (C=O) groups is 3. The molecule has 8 heteroatoms. The number of carboxylic acids is 1. The van der Waals surface area contributed by atoms with Crippen molar-refractivity contribution in [3.05, 3.63) is 36.0 Å². The van der Waals surface area contributed by atoms with Crippen LogP contribution in [0.2, 0.25) is 0 Å². The van der Waals surface area contributed by atoms with Crippen LogP contribution in [0.5, 0.6) is 0 Å². The number of para-hydroxylation sites is 1. The van der Waals surface area contributed by atoms with E-state index in [-0.39, 0.29) is 18.4 Å². The molecule has 3 rings (SSSR count). The van der Waals surface area contributed by atoms with Crippen molar-refractivity contribution in [3.8, 4) is 0 Å². The number of aliphatic carboxylic acids is 1. The van der Waals surface area contributed by atoms with Crippen LogP contribution in [0.15, 0.2) is 30.5 Å². The first-order valence-electron chi connectivity index (χ1n) is 8.77. The minimum atomic E-state index is -0.906. The average molecular weight is 389 g/mol. The molecule has 1 aromatic heterocycles. The fraction of sp³-hybridized carbons (Fsp3) is 0.421. The van der Waals surface area contributed by atoms with Crippen LogP contribution in [-0.2, 0) is 9.59 Å². The van der Waals surface area contributed by atoms with Gasteiger partial charge in [0.2, 0.25) is 5.91 Å². The second-order valence-corrected chi connectivity index (χ2v) is 8.27. The first kappa shape index (κ1) is 19.3. The standard InChI is InChI=1S/C19H23N3O4S/c1-19(2,18(25)26)7-8-20-16(23)15-10-27-11-22(15)17(24)13-9-21-14-6-4-3-5-12(13)14/h3-6,9,15,21H,7-8,10-11H2,1-2H3,(H,20,23)(H,25,26). The van der Waals surface area contributed by atoms with Crippen molar-refractivity contribution in [2.45, 2.75) is 26.3 Å². The van der Waals surface area contributed by atoms with Gasteiger partial charge in [-0.05, 0) is 26.3 Å². The number of H-pyrrole nitrogens is 1. The lowest BCUT2D eigenvalue weighted by Gasteiger charge is -2.24. The number of carboxylic acid groups (broad SMARTS) is 1. The van der Waals surface area contributed by atoms with Crippen LogP contribution in [0.3, 0.4) is 0 Å². The maximum atomic E-state index is 13.0. The summed E-state index contributed by atoms with van der Waals surface area (Å²) < 4.78 is 0. The molecule has 2 heterocycles. The molecular formula is C19H23N3O4S. The van der Waals surface area contributed by atoms with Gasteiger partial charge in [-0.15, -0.1) is 11.8 Å². The molecule has 1 aliphatic rings. The van der Waals surface area contributed by atoms with Gasteiger partial charge in [-0.2, -0.15) is 0 Å². The predicted octanol–water partition coefficient (Wildman–Crippen LogP) is 2.30. The third kappa shape index (κ3) is 3.95. The average Bonchev–Trinajstić information content (AvgIpc) is 3.28. The van der Waals surface area contributed by atoms with Crippen LogP contribution >= 0.6 is 11.8 Å². The number of thioether (sulfide) groups is 1. The fourth-order valence-corrected chi connectivity index (χ4v) is 4.14. The van der Waals surface area contributed by atoms with E-state index in [9.17, 15) is 14.4 Å². The molecule has 0 bridgehead atoms. The Labute approximate surface area is 161 Å². The highest BCUT2D eigenvalue weighted by Gasteiger charge is 2.36. The number of aromatic nitrogens is 1. The number of hydrogen-bond donors (Lipinski definition) is 3. The maximum Gasteiger partial charge on any atom is 0.309 e. The molecule has 2 amide bonds. The second-order valence-electron chi connectivity index (χ2n) is 7.27. The molecule has 1 aromatic carbocycles. The van der Waals surface area contributed by atoms with Gasteiger partial charge in [0, 0.05) is 29.4 Å². The Morgan fingerprint density at radius 1 is 1.33 bits per heavy atom. The first-order valence-corrected chi connectivity index (χ1v) is 9.92. The lowest BCUT2D eigenvalue weighted by molar-refractivity contribution is -0.147. The highest BCUT2D eigenvalue weighted by Crippen LogP contribution is 2.27. The molecule has 1 atom stereocenters. The molecule has 27 heavy (non-hydrogen) atoms. The van der Waals surface area contributed by atoms with Gasteiger partial charge in [-0.3, -0.25) is 14.4 Å². The summed E-state index contributed by atoms with van der Waals surface area (Å²) in [5.74, 6) is -0.332. The van der Waals surface area contributed by atoms with Crippen LogP contribution in [0.1, 0.15) is 30.6 Å². The molecule has 0 aliphatic carbocycles. The number of amides is 2. The smallest absolute Gasteiger partial charge is 0.309 e. The van der Waals surface area contributed by atoms with Crippen LogP contribution in [-0.4, -0.2) is 57.0 Å². The number of benzene rings is 1. The number of carbonyl (C=O) groups excluding carboxylic acids is 2. The Hall–Kier alpha value is -2.48. The minimum absolute atomic E-state index is 0.177. The molecule has 0 radical (unpaired) electrons. The third-order valence-corrected chi connectivity index (χ3v) is 5.91. The van der Waals surface area contributed by atoms with Crippen LogP contribution < -0.4 is 5.32 Å². The van der Waals surface area contributed by atoms with Crippen molar-refractivity contribution in [2.75, 3.05) is 18.2 Å². The summed E-state index contributed by atoms with van der Waals surface area (Å²) in [5, 5.41) is 12.8. The van der Waals surface area contributed by atoms with E-state index in [2.05, 4.69) is 10.3 Å². The number of aromatic amines is 1. The molecule has 144 valence electrons. The SMILES string of the molecule is CC(C)(CCNC(=O)C1CSCN1C(=O)c1c[nH]c2ccccc12)C(=O)O. The van der Waals surface area contributed by atoms with Gasteiger partial charge in [0.15, 0.2) is 0 Å². The summed E-state index contributed by atoms with van der Waals surface area (Å²) in [6.07, 6.45) is 2.00. The normalized spacial score (nSPS) is 17.3. The van der Waals surface area contributed by atoms with Crippen molar-refractivity contribution in [1.82, 2.24) is 15.2 Å². The van der Waals surface area contributed by atoms with E-state index in [0.29, 0.717) is 23.6 Å². The third-order valence-electron chi connectivity index (χ3n) is 4.89. The largest absolute Gasteiger partial charge is 0.481 e. The molecule has 2 aromatic rings. The van der Waals surface area contributed by atoms with Crippen LogP contribution in [0, 0.1) is 5.41 Å². The Bertz CT molecular complexity index is 877. The van der Waals surface area contributed by atoms with E-state index in [1.165, 1.54) is 11.8 Å². The number of hydrogen-bond acceptors (Lipinski definition) is 4.